The highest BCUT2D eigenvalue weighted by Crippen LogP contribution is 2.29. The zero-order valence-electron chi connectivity index (χ0n) is 10.2. The maximum Gasteiger partial charge on any atom is 0.130 e. The van der Waals surface area contributed by atoms with Crippen LogP contribution in [-0.4, -0.2) is 21.5 Å². The standard InChI is InChI=1S/C14H8Br2N2S2/c15-7-3-9-19-13-14(20-10-4-8-16)18-12-6-2-1-5-11(12)17-13/h1-2,5-6H,9-10H2. The lowest BCUT2D eigenvalue weighted by atomic mass is 10.3. The lowest BCUT2D eigenvalue weighted by Crippen LogP contribution is -1.93. The van der Waals surface area contributed by atoms with Gasteiger partial charge < -0.3 is 0 Å². The van der Waals surface area contributed by atoms with Crippen molar-refractivity contribution in [2.24, 2.45) is 0 Å². The number of thioether (sulfide) groups is 2. The number of hydrogen-bond donors (Lipinski definition) is 0. The van der Waals surface area contributed by atoms with Crippen molar-refractivity contribution in [1.82, 2.24) is 9.97 Å². The average molecular weight is 428 g/mol. The summed E-state index contributed by atoms with van der Waals surface area (Å²) in [7, 11) is 0. The predicted octanol–water partition coefficient (Wildman–Crippen LogP) is 4.53. The minimum atomic E-state index is 0.677. The third-order valence-electron chi connectivity index (χ3n) is 2.20. The molecule has 100 valence electrons. The van der Waals surface area contributed by atoms with E-state index >= 15 is 0 Å². The first-order chi connectivity index (χ1) is 9.85. The smallest absolute Gasteiger partial charge is 0.130 e. The molecular weight excluding hydrogens is 420 g/mol. The largest absolute Gasteiger partial charge is 0.237 e. The van der Waals surface area contributed by atoms with E-state index in [1.165, 1.54) is 0 Å². The Morgan fingerprint density at radius 3 is 1.70 bits per heavy atom. The third kappa shape index (κ3) is 4.43. The molecule has 0 aliphatic carbocycles. The number of para-hydroxylation sites is 2. The van der Waals surface area contributed by atoms with E-state index in [2.05, 4.69) is 63.3 Å². The summed E-state index contributed by atoms with van der Waals surface area (Å²) in [6.07, 6.45) is 0. The molecule has 0 unspecified atom stereocenters. The van der Waals surface area contributed by atoms with Crippen LogP contribution in [0.15, 0.2) is 34.3 Å². The molecule has 1 aromatic carbocycles. The van der Waals surface area contributed by atoms with Crippen LogP contribution in [0, 0.1) is 21.5 Å². The van der Waals surface area contributed by atoms with Crippen molar-refractivity contribution in [3.8, 4) is 21.5 Å². The quantitative estimate of drug-likeness (QED) is 0.528. The Morgan fingerprint density at radius 1 is 0.850 bits per heavy atom. The third-order valence-corrected chi connectivity index (χ3v) is 4.59. The topological polar surface area (TPSA) is 25.8 Å². The van der Waals surface area contributed by atoms with Crippen LogP contribution in [0.1, 0.15) is 0 Å². The molecule has 2 aromatic rings. The van der Waals surface area contributed by atoms with E-state index in [1.54, 1.807) is 23.5 Å². The first kappa shape index (κ1) is 15.7. The van der Waals surface area contributed by atoms with Gasteiger partial charge in [0.15, 0.2) is 0 Å². The molecule has 1 heterocycles. The van der Waals surface area contributed by atoms with Gasteiger partial charge >= 0.3 is 0 Å². The fourth-order valence-electron chi connectivity index (χ4n) is 1.42. The van der Waals surface area contributed by atoms with Crippen molar-refractivity contribution >= 4 is 66.4 Å². The number of rotatable bonds is 4. The highest BCUT2D eigenvalue weighted by atomic mass is 79.9. The van der Waals surface area contributed by atoms with Crippen molar-refractivity contribution in [2.75, 3.05) is 11.5 Å². The van der Waals surface area contributed by atoms with Gasteiger partial charge in [0.1, 0.15) is 10.1 Å². The average Bonchev–Trinajstić information content (AvgIpc) is 2.48. The minimum Gasteiger partial charge on any atom is -0.237 e. The van der Waals surface area contributed by atoms with Crippen LogP contribution in [0.4, 0.5) is 0 Å². The summed E-state index contributed by atoms with van der Waals surface area (Å²) in [6, 6.07) is 7.87. The van der Waals surface area contributed by atoms with E-state index in [0.29, 0.717) is 11.5 Å². The van der Waals surface area contributed by atoms with Crippen LogP contribution in [0.25, 0.3) is 11.0 Å². The molecule has 20 heavy (non-hydrogen) atoms. The van der Waals surface area contributed by atoms with E-state index in [-0.39, 0.29) is 0 Å². The highest BCUT2D eigenvalue weighted by molar-refractivity contribution is 9.12. The Kier molecular flexibility index (Phi) is 6.75. The zero-order chi connectivity index (χ0) is 14.2. The zero-order valence-corrected chi connectivity index (χ0v) is 15.0. The van der Waals surface area contributed by atoms with E-state index in [4.69, 9.17) is 0 Å². The van der Waals surface area contributed by atoms with Crippen LogP contribution in [0.3, 0.4) is 0 Å². The Hall–Kier alpha value is -0.660. The van der Waals surface area contributed by atoms with Crippen molar-refractivity contribution in [2.45, 2.75) is 10.1 Å². The monoisotopic (exact) mass is 426 g/mol. The molecule has 0 aliphatic rings. The maximum atomic E-state index is 4.66. The fraction of sp³-hybridized carbons (Fsp3) is 0.143. The summed E-state index contributed by atoms with van der Waals surface area (Å²) in [5.41, 5.74) is 1.80. The van der Waals surface area contributed by atoms with Crippen LogP contribution in [0.2, 0.25) is 0 Å². The van der Waals surface area contributed by atoms with Gasteiger partial charge in [-0.15, -0.1) is 0 Å². The number of benzene rings is 1. The number of hydrogen-bond acceptors (Lipinski definition) is 4. The lowest BCUT2D eigenvalue weighted by Gasteiger charge is -2.06. The Bertz CT molecular complexity index is 664. The summed E-state index contributed by atoms with van der Waals surface area (Å²) in [5.74, 6) is 7.27. The molecule has 0 saturated carbocycles. The van der Waals surface area contributed by atoms with E-state index in [1.807, 2.05) is 24.3 Å². The van der Waals surface area contributed by atoms with Gasteiger partial charge in [-0.1, -0.05) is 47.5 Å². The molecule has 0 saturated heterocycles. The number of aromatic nitrogens is 2. The van der Waals surface area contributed by atoms with Crippen LogP contribution >= 0.6 is 55.4 Å². The molecule has 1 aromatic heterocycles. The van der Waals surface area contributed by atoms with Gasteiger partial charge in [0, 0.05) is 31.9 Å². The molecule has 2 rings (SSSR count). The lowest BCUT2D eigenvalue weighted by molar-refractivity contribution is 0.972. The summed E-state index contributed by atoms with van der Waals surface area (Å²) in [5, 5.41) is 1.81. The number of fused-ring (bicyclic) bond motifs is 1. The molecule has 0 bridgehead atoms. The predicted molar refractivity (Wildman–Crippen MR) is 94.4 cm³/mol. The van der Waals surface area contributed by atoms with Crippen molar-refractivity contribution in [3.63, 3.8) is 0 Å². The SMILES string of the molecule is BrC#CCSc1nc2ccccc2nc1SCC#CBr. The molecule has 2 nitrogen and oxygen atoms in total. The Balaban J connectivity index is 2.33. The molecule has 0 fully saturated rings. The van der Waals surface area contributed by atoms with Crippen LogP contribution in [0.5, 0.6) is 0 Å². The van der Waals surface area contributed by atoms with Crippen molar-refractivity contribution in [3.05, 3.63) is 24.3 Å². The number of nitrogens with zero attached hydrogens (tertiary/aromatic N) is 2. The Labute approximate surface area is 143 Å². The van der Waals surface area contributed by atoms with Gasteiger partial charge in [0.05, 0.1) is 22.5 Å². The molecule has 0 N–H and O–H groups in total. The molecule has 6 heteroatoms. The first-order valence-corrected chi connectivity index (χ1v) is 9.10. The summed E-state index contributed by atoms with van der Waals surface area (Å²) >= 11 is 9.36. The van der Waals surface area contributed by atoms with Crippen molar-refractivity contribution < 1.29 is 0 Å². The molecule has 0 atom stereocenters. The number of halogens is 2. The second-order valence-corrected chi connectivity index (χ2v) is 6.16. The minimum absolute atomic E-state index is 0.677. The Morgan fingerprint density at radius 2 is 1.30 bits per heavy atom. The summed E-state index contributed by atoms with van der Waals surface area (Å²) < 4.78 is 0. The fourth-order valence-corrected chi connectivity index (χ4v) is 3.65. The first-order valence-electron chi connectivity index (χ1n) is 5.54. The molecule has 0 spiro atoms. The summed E-state index contributed by atoms with van der Waals surface area (Å²) in [4.78, 5) is 14.7. The van der Waals surface area contributed by atoms with Crippen LogP contribution < -0.4 is 0 Å². The van der Waals surface area contributed by atoms with Gasteiger partial charge in [0.25, 0.3) is 0 Å². The second kappa shape index (κ2) is 8.59. The summed E-state index contributed by atoms with van der Waals surface area (Å²) in [6.45, 7) is 0. The van der Waals surface area contributed by atoms with Crippen LogP contribution in [-0.2, 0) is 0 Å². The van der Waals surface area contributed by atoms with Gasteiger partial charge in [-0.05, 0) is 21.8 Å². The highest BCUT2D eigenvalue weighted by Gasteiger charge is 2.09. The van der Waals surface area contributed by atoms with E-state index in [9.17, 15) is 0 Å². The van der Waals surface area contributed by atoms with Gasteiger partial charge in [0.2, 0.25) is 0 Å². The second-order valence-electron chi connectivity index (χ2n) is 3.44. The molecule has 0 aliphatic heterocycles. The van der Waals surface area contributed by atoms with Gasteiger partial charge in [-0.2, -0.15) is 0 Å². The molecule has 0 amide bonds. The van der Waals surface area contributed by atoms with Gasteiger partial charge in [-0.3, -0.25) is 0 Å². The van der Waals surface area contributed by atoms with Crippen molar-refractivity contribution in [1.29, 1.82) is 0 Å². The normalized spacial score (nSPS) is 9.50. The van der Waals surface area contributed by atoms with Gasteiger partial charge in [-0.25, -0.2) is 9.97 Å². The molecule has 0 radical (unpaired) electrons. The molecular formula is C14H8Br2N2S2. The van der Waals surface area contributed by atoms with E-state index in [0.717, 1.165) is 21.1 Å². The maximum absolute atomic E-state index is 4.66. The van der Waals surface area contributed by atoms with E-state index < -0.39 is 0 Å².